The van der Waals surface area contributed by atoms with Gasteiger partial charge in [0.2, 0.25) is 5.91 Å². The van der Waals surface area contributed by atoms with Crippen LogP contribution in [0.5, 0.6) is 0 Å². The molecular weight excluding hydrogens is 382 g/mol. The molecule has 0 aliphatic carbocycles. The minimum absolute atomic E-state index is 0.0265. The molecule has 0 radical (unpaired) electrons. The van der Waals surface area contributed by atoms with Crippen LogP contribution in [-0.2, 0) is 17.8 Å². The number of hydrogen-bond acceptors (Lipinski definition) is 4. The molecule has 5 nitrogen and oxygen atoms in total. The third kappa shape index (κ3) is 5.26. The van der Waals surface area contributed by atoms with E-state index in [9.17, 15) is 13.6 Å². The second kappa shape index (κ2) is 9.27. The normalized spacial score (nSPS) is 10.6. The third-order valence-electron chi connectivity index (χ3n) is 3.79. The summed E-state index contributed by atoms with van der Waals surface area (Å²) in [5.41, 5.74) is 1.17. The van der Waals surface area contributed by atoms with E-state index in [4.69, 9.17) is 0 Å². The van der Waals surface area contributed by atoms with E-state index in [1.54, 1.807) is 6.08 Å². The van der Waals surface area contributed by atoms with E-state index in [0.717, 1.165) is 29.6 Å². The van der Waals surface area contributed by atoms with Gasteiger partial charge in [-0.3, -0.25) is 4.79 Å². The molecule has 1 aromatic heterocycles. The molecule has 0 atom stereocenters. The largest absolute Gasteiger partial charge is 0.325 e. The highest BCUT2D eigenvalue weighted by molar-refractivity contribution is 7.99. The van der Waals surface area contributed by atoms with Crippen molar-refractivity contribution in [2.45, 2.75) is 18.1 Å². The van der Waals surface area contributed by atoms with Crippen molar-refractivity contribution in [3.8, 4) is 0 Å². The Labute approximate surface area is 165 Å². The summed E-state index contributed by atoms with van der Waals surface area (Å²) < 4.78 is 28.3. The molecular formula is C20H18F2N4OS. The van der Waals surface area contributed by atoms with Gasteiger partial charge in [-0.2, -0.15) is 0 Å². The Morgan fingerprint density at radius 2 is 1.86 bits per heavy atom. The maximum absolute atomic E-state index is 13.2. The van der Waals surface area contributed by atoms with Gasteiger partial charge in [0.15, 0.2) is 5.16 Å². The van der Waals surface area contributed by atoms with Gasteiger partial charge in [0.05, 0.1) is 5.75 Å². The summed E-state index contributed by atoms with van der Waals surface area (Å²) in [6, 6.07) is 12.7. The fourth-order valence-electron chi connectivity index (χ4n) is 2.60. The van der Waals surface area contributed by atoms with Crippen LogP contribution in [0.4, 0.5) is 14.5 Å². The van der Waals surface area contributed by atoms with Gasteiger partial charge in [0.25, 0.3) is 0 Å². The van der Waals surface area contributed by atoms with E-state index in [2.05, 4.69) is 22.1 Å². The van der Waals surface area contributed by atoms with Crippen molar-refractivity contribution in [1.29, 1.82) is 0 Å². The highest BCUT2D eigenvalue weighted by atomic mass is 32.2. The maximum Gasteiger partial charge on any atom is 0.234 e. The Hall–Kier alpha value is -3.00. The second-order valence-electron chi connectivity index (χ2n) is 5.96. The SMILES string of the molecule is C=CCn1c(Cc2ccccc2)nnc1SCC(=O)Nc1cc(F)cc(F)c1. The van der Waals surface area contributed by atoms with Crippen molar-refractivity contribution in [2.24, 2.45) is 0 Å². The van der Waals surface area contributed by atoms with E-state index in [-0.39, 0.29) is 11.4 Å². The lowest BCUT2D eigenvalue weighted by Gasteiger charge is -2.08. The fourth-order valence-corrected chi connectivity index (χ4v) is 3.37. The number of thioether (sulfide) groups is 1. The molecule has 1 heterocycles. The van der Waals surface area contributed by atoms with Crippen LogP contribution in [-0.4, -0.2) is 26.4 Å². The first-order valence-corrected chi connectivity index (χ1v) is 9.49. The molecule has 3 aromatic rings. The van der Waals surface area contributed by atoms with E-state index < -0.39 is 17.5 Å². The Morgan fingerprint density at radius 3 is 2.54 bits per heavy atom. The lowest BCUT2D eigenvalue weighted by Crippen LogP contribution is -2.15. The molecule has 144 valence electrons. The molecule has 0 aliphatic heterocycles. The number of allylic oxidation sites excluding steroid dienone is 1. The standard InChI is InChI=1S/C20H18F2N4OS/c1-2-8-26-18(9-14-6-4-3-5-7-14)24-25-20(26)28-13-19(27)23-17-11-15(21)10-16(22)12-17/h2-7,10-12H,1,8-9,13H2,(H,23,27). The first-order chi connectivity index (χ1) is 13.5. The lowest BCUT2D eigenvalue weighted by atomic mass is 10.1. The Bertz CT molecular complexity index is 955. The van der Waals surface area contributed by atoms with Gasteiger partial charge in [-0.1, -0.05) is 48.2 Å². The summed E-state index contributed by atoms with van der Waals surface area (Å²) >= 11 is 1.20. The van der Waals surface area contributed by atoms with Crippen LogP contribution in [0.25, 0.3) is 0 Å². The number of aromatic nitrogens is 3. The van der Waals surface area contributed by atoms with Crippen LogP contribution in [0.15, 0.2) is 66.3 Å². The zero-order valence-electron chi connectivity index (χ0n) is 14.9. The summed E-state index contributed by atoms with van der Waals surface area (Å²) in [5, 5.41) is 11.4. The number of nitrogens with one attached hydrogen (secondary N) is 1. The molecule has 0 saturated carbocycles. The number of anilines is 1. The van der Waals surface area contributed by atoms with Crippen LogP contribution in [0.3, 0.4) is 0 Å². The van der Waals surface area contributed by atoms with Crippen molar-refractivity contribution < 1.29 is 13.6 Å². The highest BCUT2D eigenvalue weighted by Gasteiger charge is 2.14. The van der Waals surface area contributed by atoms with Crippen LogP contribution < -0.4 is 5.32 Å². The fraction of sp³-hybridized carbons (Fsp3) is 0.150. The van der Waals surface area contributed by atoms with E-state index in [1.807, 2.05) is 34.9 Å². The van der Waals surface area contributed by atoms with E-state index >= 15 is 0 Å². The van der Waals surface area contributed by atoms with Crippen molar-refractivity contribution in [1.82, 2.24) is 14.8 Å². The summed E-state index contributed by atoms with van der Waals surface area (Å²) in [5.74, 6) is -1.11. The second-order valence-corrected chi connectivity index (χ2v) is 6.90. The number of rotatable bonds is 8. The van der Waals surface area contributed by atoms with Crippen molar-refractivity contribution >= 4 is 23.4 Å². The van der Waals surface area contributed by atoms with Crippen LogP contribution in [0.1, 0.15) is 11.4 Å². The van der Waals surface area contributed by atoms with Gasteiger partial charge in [0.1, 0.15) is 17.5 Å². The topological polar surface area (TPSA) is 59.8 Å². The molecule has 0 bridgehead atoms. The Morgan fingerprint density at radius 1 is 1.14 bits per heavy atom. The number of amides is 1. The molecule has 1 amide bonds. The quantitative estimate of drug-likeness (QED) is 0.458. The predicted octanol–water partition coefficient (Wildman–Crippen LogP) is 4.06. The number of benzene rings is 2. The molecule has 8 heteroatoms. The molecule has 1 N–H and O–H groups in total. The van der Waals surface area contributed by atoms with Crippen molar-refractivity contribution in [2.75, 3.05) is 11.1 Å². The molecule has 3 rings (SSSR count). The average Bonchev–Trinajstić information content (AvgIpc) is 3.02. The van der Waals surface area contributed by atoms with Gasteiger partial charge < -0.3 is 9.88 Å². The van der Waals surface area contributed by atoms with E-state index in [0.29, 0.717) is 18.1 Å². The Kier molecular flexibility index (Phi) is 6.54. The van der Waals surface area contributed by atoms with Crippen LogP contribution >= 0.6 is 11.8 Å². The molecule has 28 heavy (non-hydrogen) atoms. The van der Waals surface area contributed by atoms with Crippen molar-refractivity contribution in [3.63, 3.8) is 0 Å². The van der Waals surface area contributed by atoms with Crippen LogP contribution in [0, 0.1) is 11.6 Å². The van der Waals surface area contributed by atoms with Crippen molar-refractivity contribution in [3.05, 3.63) is 84.2 Å². The molecule has 0 fully saturated rings. The summed E-state index contributed by atoms with van der Waals surface area (Å²) in [6.45, 7) is 4.26. The smallest absolute Gasteiger partial charge is 0.234 e. The van der Waals surface area contributed by atoms with E-state index in [1.165, 1.54) is 11.8 Å². The first kappa shape index (κ1) is 19.8. The third-order valence-corrected chi connectivity index (χ3v) is 4.76. The molecule has 0 saturated heterocycles. The number of nitrogens with zero attached hydrogens (tertiary/aromatic N) is 3. The highest BCUT2D eigenvalue weighted by Crippen LogP contribution is 2.20. The molecule has 0 aliphatic rings. The van der Waals surface area contributed by atoms with Gasteiger partial charge in [0, 0.05) is 24.7 Å². The van der Waals surface area contributed by atoms with Gasteiger partial charge in [-0.15, -0.1) is 16.8 Å². The maximum atomic E-state index is 13.2. The summed E-state index contributed by atoms with van der Waals surface area (Å²) in [6.07, 6.45) is 2.34. The number of hydrogen-bond donors (Lipinski definition) is 1. The number of carbonyl (C=O) groups excluding carboxylic acids is 1. The zero-order chi connectivity index (χ0) is 19.9. The van der Waals surface area contributed by atoms with Gasteiger partial charge >= 0.3 is 0 Å². The monoisotopic (exact) mass is 400 g/mol. The van der Waals surface area contributed by atoms with Crippen LogP contribution in [0.2, 0.25) is 0 Å². The average molecular weight is 400 g/mol. The summed E-state index contributed by atoms with van der Waals surface area (Å²) in [4.78, 5) is 12.1. The van der Waals surface area contributed by atoms with Gasteiger partial charge in [-0.05, 0) is 17.7 Å². The molecule has 0 spiro atoms. The lowest BCUT2D eigenvalue weighted by molar-refractivity contribution is -0.113. The number of carbonyl (C=O) groups is 1. The molecule has 0 unspecified atom stereocenters. The van der Waals surface area contributed by atoms with Gasteiger partial charge in [-0.25, -0.2) is 8.78 Å². The first-order valence-electron chi connectivity index (χ1n) is 8.51. The molecule has 2 aromatic carbocycles. The number of halogens is 2. The predicted molar refractivity (Wildman–Crippen MR) is 105 cm³/mol. The summed E-state index contributed by atoms with van der Waals surface area (Å²) in [7, 11) is 0. The Balaban J connectivity index is 1.66. The minimum atomic E-state index is -0.751. The zero-order valence-corrected chi connectivity index (χ0v) is 15.8. The minimum Gasteiger partial charge on any atom is -0.325 e.